The van der Waals surface area contributed by atoms with Crippen molar-refractivity contribution in [3.8, 4) is 0 Å². The number of likely N-dealkylation sites (tertiary alicyclic amines) is 1. The molecular weight excluding hydrogens is 278 g/mol. The molecule has 0 bridgehead atoms. The van der Waals surface area contributed by atoms with E-state index in [9.17, 15) is 4.79 Å². The molecule has 0 aliphatic carbocycles. The zero-order valence-electron chi connectivity index (χ0n) is 15.4. The lowest BCUT2D eigenvalue weighted by atomic mass is 9.99. The standard InChI is InChI=1S/C18H35NO3/c1-7-9-10-15(8-2)13-21-18(6)11-12-19(14-18)16(20)22-17(3,4)5/h15H,7-14H2,1-6H3. The van der Waals surface area contributed by atoms with Crippen LogP contribution < -0.4 is 0 Å². The molecule has 0 saturated carbocycles. The maximum atomic E-state index is 12.1. The molecule has 2 unspecified atom stereocenters. The van der Waals surface area contributed by atoms with Crippen molar-refractivity contribution >= 4 is 6.09 Å². The minimum atomic E-state index is -0.440. The number of unbranched alkanes of at least 4 members (excludes halogenated alkanes) is 1. The second-order valence-electron chi connectivity index (χ2n) is 7.83. The van der Waals surface area contributed by atoms with Gasteiger partial charge in [0.1, 0.15) is 5.60 Å². The van der Waals surface area contributed by atoms with E-state index in [1.54, 1.807) is 4.90 Å². The molecule has 0 N–H and O–H groups in total. The lowest BCUT2D eigenvalue weighted by Gasteiger charge is -2.29. The predicted molar refractivity (Wildman–Crippen MR) is 90.1 cm³/mol. The van der Waals surface area contributed by atoms with Gasteiger partial charge in [0.05, 0.1) is 18.8 Å². The van der Waals surface area contributed by atoms with Crippen LogP contribution in [0.25, 0.3) is 0 Å². The number of ether oxygens (including phenoxy) is 2. The Morgan fingerprint density at radius 2 is 2.00 bits per heavy atom. The summed E-state index contributed by atoms with van der Waals surface area (Å²) in [6, 6.07) is 0. The molecule has 130 valence electrons. The van der Waals surface area contributed by atoms with E-state index in [0.717, 1.165) is 26.0 Å². The molecule has 1 saturated heterocycles. The van der Waals surface area contributed by atoms with Crippen LogP contribution in [-0.2, 0) is 9.47 Å². The third kappa shape index (κ3) is 6.55. The highest BCUT2D eigenvalue weighted by molar-refractivity contribution is 5.68. The Kier molecular flexibility index (Phi) is 7.17. The maximum Gasteiger partial charge on any atom is 0.410 e. The minimum Gasteiger partial charge on any atom is -0.444 e. The van der Waals surface area contributed by atoms with Crippen molar-refractivity contribution in [1.82, 2.24) is 4.90 Å². The SMILES string of the molecule is CCCCC(CC)COC1(C)CCN(C(=O)OC(C)(C)C)C1. The van der Waals surface area contributed by atoms with Crippen LogP contribution >= 0.6 is 0 Å². The number of carbonyl (C=O) groups excluding carboxylic acids is 1. The van der Waals surface area contributed by atoms with Gasteiger partial charge in [-0.3, -0.25) is 0 Å². The Labute approximate surface area is 136 Å². The Bertz CT molecular complexity index is 351. The smallest absolute Gasteiger partial charge is 0.410 e. The van der Waals surface area contributed by atoms with Crippen LogP contribution in [0.15, 0.2) is 0 Å². The predicted octanol–water partition coefficient (Wildman–Crippen LogP) is 4.62. The first-order valence-electron chi connectivity index (χ1n) is 8.81. The van der Waals surface area contributed by atoms with Gasteiger partial charge in [0, 0.05) is 6.54 Å². The lowest BCUT2D eigenvalue weighted by molar-refractivity contribution is -0.0442. The third-order valence-electron chi connectivity index (χ3n) is 4.30. The van der Waals surface area contributed by atoms with Crippen molar-refractivity contribution < 1.29 is 14.3 Å². The number of nitrogens with zero attached hydrogens (tertiary/aromatic N) is 1. The fourth-order valence-electron chi connectivity index (χ4n) is 2.75. The summed E-state index contributed by atoms with van der Waals surface area (Å²) in [6.07, 6.45) is 5.56. The first kappa shape index (κ1) is 19.3. The van der Waals surface area contributed by atoms with Crippen molar-refractivity contribution in [2.75, 3.05) is 19.7 Å². The summed E-state index contributed by atoms with van der Waals surface area (Å²) in [5.41, 5.74) is -0.666. The molecule has 1 aliphatic rings. The van der Waals surface area contributed by atoms with E-state index in [-0.39, 0.29) is 11.7 Å². The van der Waals surface area contributed by atoms with E-state index in [1.165, 1.54) is 19.3 Å². The first-order valence-corrected chi connectivity index (χ1v) is 8.81. The fourth-order valence-corrected chi connectivity index (χ4v) is 2.75. The van der Waals surface area contributed by atoms with Crippen LogP contribution in [0, 0.1) is 5.92 Å². The van der Waals surface area contributed by atoms with Gasteiger partial charge in [0.15, 0.2) is 0 Å². The summed E-state index contributed by atoms with van der Waals surface area (Å²) in [6.45, 7) is 14.4. The van der Waals surface area contributed by atoms with Crippen molar-refractivity contribution in [1.29, 1.82) is 0 Å². The number of hydrogen-bond donors (Lipinski definition) is 0. The molecule has 0 spiro atoms. The van der Waals surface area contributed by atoms with Crippen molar-refractivity contribution in [2.45, 2.75) is 84.8 Å². The van der Waals surface area contributed by atoms with Gasteiger partial charge in [-0.1, -0.05) is 33.1 Å². The summed E-state index contributed by atoms with van der Waals surface area (Å²) >= 11 is 0. The van der Waals surface area contributed by atoms with E-state index >= 15 is 0 Å². The molecule has 1 fully saturated rings. The third-order valence-corrected chi connectivity index (χ3v) is 4.30. The highest BCUT2D eigenvalue weighted by Gasteiger charge is 2.38. The van der Waals surface area contributed by atoms with Gasteiger partial charge < -0.3 is 14.4 Å². The van der Waals surface area contributed by atoms with Crippen LogP contribution in [0.2, 0.25) is 0 Å². The summed E-state index contributed by atoms with van der Waals surface area (Å²) in [4.78, 5) is 13.9. The van der Waals surface area contributed by atoms with Crippen LogP contribution in [0.3, 0.4) is 0 Å². The molecule has 1 amide bonds. The van der Waals surface area contributed by atoms with Gasteiger partial charge in [-0.15, -0.1) is 0 Å². The molecule has 1 heterocycles. The van der Waals surface area contributed by atoms with Gasteiger partial charge in [-0.25, -0.2) is 4.79 Å². The van der Waals surface area contributed by atoms with Gasteiger partial charge in [0.2, 0.25) is 0 Å². The van der Waals surface area contributed by atoms with E-state index in [4.69, 9.17) is 9.47 Å². The number of rotatable bonds is 7. The highest BCUT2D eigenvalue weighted by Crippen LogP contribution is 2.28. The van der Waals surface area contributed by atoms with Gasteiger partial charge >= 0.3 is 6.09 Å². The van der Waals surface area contributed by atoms with Crippen LogP contribution in [0.5, 0.6) is 0 Å². The molecule has 22 heavy (non-hydrogen) atoms. The second kappa shape index (κ2) is 8.19. The largest absolute Gasteiger partial charge is 0.444 e. The number of hydrogen-bond acceptors (Lipinski definition) is 3. The van der Waals surface area contributed by atoms with E-state index in [0.29, 0.717) is 12.5 Å². The normalized spacial score (nSPS) is 23.6. The Hall–Kier alpha value is -0.770. The topological polar surface area (TPSA) is 38.8 Å². The molecule has 1 rings (SSSR count). The average molecular weight is 313 g/mol. The molecule has 0 aromatic heterocycles. The molecular formula is C18H35NO3. The number of amides is 1. The Morgan fingerprint density at radius 1 is 1.32 bits per heavy atom. The number of carbonyl (C=O) groups is 1. The monoisotopic (exact) mass is 313 g/mol. The van der Waals surface area contributed by atoms with Crippen LogP contribution in [0.4, 0.5) is 4.79 Å². The molecule has 0 aromatic rings. The summed E-state index contributed by atoms with van der Waals surface area (Å²) in [5.74, 6) is 0.632. The molecule has 2 atom stereocenters. The molecule has 4 nitrogen and oxygen atoms in total. The maximum absolute atomic E-state index is 12.1. The zero-order chi connectivity index (χ0) is 16.8. The minimum absolute atomic E-state index is 0.224. The molecule has 1 aliphatic heterocycles. The Morgan fingerprint density at radius 3 is 2.55 bits per heavy atom. The molecule has 4 heteroatoms. The fraction of sp³-hybridized carbons (Fsp3) is 0.944. The average Bonchev–Trinajstić information content (AvgIpc) is 2.80. The molecule has 0 aromatic carbocycles. The first-order chi connectivity index (χ1) is 10.2. The summed E-state index contributed by atoms with van der Waals surface area (Å²) in [5, 5.41) is 0. The van der Waals surface area contributed by atoms with Gasteiger partial charge in [-0.05, 0) is 46.5 Å². The van der Waals surface area contributed by atoms with Gasteiger partial charge in [0.25, 0.3) is 0 Å². The van der Waals surface area contributed by atoms with Gasteiger partial charge in [-0.2, -0.15) is 0 Å². The van der Waals surface area contributed by atoms with Crippen LogP contribution in [-0.4, -0.2) is 41.9 Å². The summed E-state index contributed by atoms with van der Waals surface area (Å²) in [7, 11) is 0. The highest BCUT2D eigenvalue weighted by atomic mass is 16.6. The molecule has 0 radical (unpaired) electrons. The van der Waals surface area contributed by atoms with Crippen molar-refractivity contribution in [3.05, 3.63) is 0 Å². The summed E-state index contributed by atoms with van der Waals surface area (Å²) < 4.78 is 11.6. The van der Waals surface area contributed by atoms with Crippen molar-refractivity contribution in [3.63, 3.8) is 0 Å². The van der Waals surface area contributed by atoms with Crippen molar-refractivity contribution in [2.24, 2.45) is 5.92 Å². The van der Waals surface area contributed by atoms with E-state index < -0.39 is 5.60 Å². The lowest BCUT2D eigenvalue weighted by Crippen LogP contribution is -2.39. The van der Waals surface area contributed by atoms with Crippen LogP contribution in [0.1, 0.15) is 73.6 Å². The zero-order valence-corrected chi connectivity index (χ0v) is 15.4. The Balaban J connectivity index is 2.44. The van der Waals surface area contributed by atoms with E-state index in [1.807, 2.05) is 20.8 Å². The second-order valence-corrected chi connectivity index (χ2v) is 7.83. The quantitative estimate of drug-likeness (QED) is 0.688. The van der Waals surface area contributed by atoms with E-state index in [2.05, 4.69) is 20.8 Å².